The van der Waals surface area contributed by atoms with E-state index in [0.29, 0.717) is 5.41 Å². The topological polar surface area (TPSA) is 6.48 Å². The van der Waals surface area contributed by atoms with Gasteiger partial charge in [0, 0.05) is 19.1 Å². The molecule has 1 aliphatic carbocycles. The highest BCUT2D eigenvalue weighted by Crippen LogP contribution is 2.56. The van der Waals surface area contributed by atoms with Gasteiger partial charge in [-0.05, 0) is 62.7 Å². The summed E-state index contributed by atoms with van der Waals surface area (Å²) in [6.07, 6.45) is 5.63. The van der Waals surface area contributed by atoms with Crippen LogP contribution in [0.2, 0.25) is 0 Å². The third-order valence-corrected chi connectivity index (χ3v) is 5.91. The summed E-state index contributed by atoms with van der Waals surface area (Å²) in [5.41, 5.74) is 2.26. The zero-order chi connectivity index (χ0) is 13.6. The van der Waals surface area contributed by atoms with Gasteiger partial charge in [-0.15, -0.1) is 0 Å². The third kappa shape index (κ3) is 2.19. The van der Waals surface area contributed by atoms with Crippen molar-refractivity contribution in [2.75, 3.05) is 33.2 Å². The Morgan fingerprint density at radius 2 is 1.65 bits per heavy atom. The average molecular weight is 270 g/mol. The second kappa shape index (κ2) is 4.85. The standard InChI is InChI=1S/C18H26N2/c1-19-9-7-17(8-10-19)20-13-18(14-20)11-16(12-18)15-5-3-2-4-6-15/h2-6,16-17H,7-14H2,1H3. The first-order chi connectivity index (χ1) is 9.74. The molecule has 3 aliphatic rings. The number of likely N-dealkylation sites (tertiary alicyclic amines) is 2. The van der Waals surface area contributed by atoms with E-state index in [1.807, 2.05) is 0 Å². The SMILES string of the molecule is CN1CCC(N2CC3(CC(c4ccccc4)C3)C2)CC1. The van der Waals surface area contributed by atoms with Crippen molar-refractivity contribution in [2.45, 2.75) is 37.6 Å². The summed E-state index contributed by atoms with van der Waals surface area (Å²) in [4.78, 5) is 5.25. The molecule has 0 radical (unpaired) electrons. The maximum Gasteiger partial charge on any atom is 0.0120 e. The average Bonchev–Trinajstić information content (AvgIpc) is 2.39. The van der Waals surface area contributed by atoms with Crippen LogP contribution >= 0.6 is 0 Å². The van der Waals surface area contributed by atoms with Gasteiger partial charge in [-0.1, -0.05) is 30.3 Å². The van der Waals surface area contributed by atoms with Crippen molar-refractivity contribution in [1.82, 2.24) is 9.80 Å². The van der Waals surface area contributed by atoms with Gasteiger partial charge >= 0.3 is 0 Å². The molecular weight excluding hydrogens is 244 g/mol. The van der Waals surface area contributed by atoms with E-state index >= 15 is 0 Å². The second-order valence-electron chi connectivity index (χ2n) is 7.46. The molecular formula is C18H26N2. The van der Waals surface area contributed by atoms with Crippen LogP contribution in [0.4, 0.5) is 0 Å². The molecule has 2 aliphatic heterocycles. The number of nitrogens with zero attached hydrogens (tertiary/aromatic N) is 2. The molecule has 0 unspecified atom stereocenters. The predicted octanol–water partition coefficient (Wildman–Crippen LogP) is 2.96. The molecule has 0 bridgehead atoms. The molecule has 2 heteroatoms. The maximum absolute atomic E-state index is 2.77. The molecule has 2 heterocycles. The molecule has 2 saturated heterocycles. The molecule has 1 aromatic carbocycles. The Hall–Kier alpha value is -0.860. The van der Waals surface area contributed by atoms with Gasteiger partial charge in [0.2, 0.25) is 0 Å². The van der Waals surface area contributed by atoms with Crippen molar-refractivity contribution in [3.63, 3.8) is 0 Å². The van der Waals surface area contributed by atoms with Crippen molar-refractivity contribution < 1.29 is 0 Å². The van der Waals surface area contributed by atoms with Crippen LogP contribution in [0.15, 0.2) is 30.3 Å². The number of hydrogen-bond acceptors (Lipinski definition) is 2. The summed E-state index contributed by atoms with van der Waals surface area (Å²) in [5, 5.41) is 0. The van der Waals surface area contributed by atoms with E-state index in [0.717, 1.165) is 12.0 Å². The molecule has 3 fully saturated rings. The van der Waals surface area contributed by atoms with Crippen LogP contribution in [0.25, 0.3) is 0 Å². The van der Waals surface area contributed by atoms with E-state index in [1.165, 1.54) is 51.9 Å². The molecule has 1 spiro atoms. The minimum absolute atomic E-state index is 0.698. The molecule has 20 heavy (non-hydrogen) atoms. The van der Waals surface area contributed by atoms with Gasteiger partial charge in [0.1, 0.15) is 0 Å². The fraction of sp³-hybridized carbons (Fsp3) is 0.667. The Balaban J connectivity index is 1.28. The molecule has 0 aromatic heterocycles. The highest BCUT2D eigenvalue weighted by molar-refractivity contribution is 5.25. The normalized spacial score (nSPS) is 28.2. The van der Waals surface area contributed by atoms with Crippen molar-refractivity contribution in [3.8, 4) is 0 Å². The van der Waals surface area contributed by atoms with Crippen LogP contribution in [0.1, 0.15) is 37.2 Å². The van der Waals surface area contributed by atoms with E-state index in [1.54, 1.807) is 5.56 Å². The Kier molecular flexibility index (Phi) is 3.12. The summed E-state index contributed by atoms with van der Waals surface area (Å²) < 4.78 is 0. The lowest BCUT2D eigenvalue weighted by Crippen LogP contribution is -2.65. The van der Waals surface area contributed by atoms with Crippen molar-refractivity contribution in [1.29, 1.82) is 0 Å². The molecule has 0 atom stereocenters. The highest BCUT2D eigenvalue weighted by Gasteiger charge is 2.53. The maximum atomic E-state index is 2.77. The van der Waals surface area contributed by atoms with Crippen LogP contribution in [0, 0.1) is 5.41 Å². The van der Waals surface area contributed by atoms with Crippen molar-refractivity contribution in [3.05, 3.63) is 35.9 Å². The van der Waals surface area contributed by atoms with Gasteiger partial charge in [-0.3, -0.25) is 4.90 Å². The molecule has 0 N–H and O–H groups in total. The van der Waals surface area contributed by atoms with Crippen molar-refractivity contribution in [2.24, 2.45) is 5.41 Å². The molecule has 4 rings (SSSR count). The third-order valence-electron chi connectivity index (χ3n) is 5.91. The molecule has 108 valence electrons. The van der Waals surface area contributed by atoms with E-state index in [2.05, 4.69) is 47.2 Å². The summed E-state index contributed by atoms with van der Waals surface area (Å²) >= 11 is 0. The Morgan fingerprint density at radius 1 is 1.00 bits per heavy atom. The zero-order valence-electron chi connectivity index (χ0n) is 12.6. The largest absolute Gasteiger partial charge is 0.306 e. The number of rotatable bonds is 2. The number of benzene rings is 1. The fourth-order valence-electron chi connectivity index (χ4n) is 4.64. The van der Waals surface area contributed by atoms with Crippen LogP contribution < -0.4 is 0 Å². The van der Waals surface area contributed by atoms with E-state index < -0.39 is 0 Å². The Labute approximate surface area is 122 Å². The number of hydrogen-bond donors (Lipinski definition) is 0. The lowest BCUT2D eigenvalue weighted by atomic mass is 9.56. The summed E-state index contributed by atoms with van der Waals surface area (Å²) in [6.45, 7) is 5.34. The second-order valence-corrected chi connectivity index (χ2v) is 7.46. The summed E-state index contributed by atoms with van der Waals surface area (Å²) in [5.74, 6) is 0.843. The Bertz CT molecular complexity index is 448. The van der Waals surface area contributed by atoms with Gasteiger partial charge in [-0.2, -0.15) is 0 Å². The highest BCUT2D eigenvalue weighted by atomic mass is 15.3. The smallest absolute Gasteiger partial charge is 0.0120 e. The van der Waals surface area contributed by atoms with Gasteiger partial charge in [-0.25, -0.2) is 0 Å². The minimum atomic E-state index is 0.698. The first kappa shape index (κ1) is 12.8. The van der Waals surface area contributed by atoms with Crippen molar-refractivity contribution >= 4 is 0 Å². The van der Waals surface area contributed by atoms with Gasteiger partial charge < -0.3 is 4.90 Å². The minimum Gasteiger partial charge on any atom is -0.306 e. The molecule has 0 amide bonds. The first-order valence-electron chi connectivity index (χ1n) is 8.22. The predicted molar refractivity (Wildman–Crippen MR) is 82.9 cm³/mol. The van der Waals surface area contributed by atoms with E-state index in [-0.39, 0.29) is 0 Å². The summed E-state index contributed by atoms with van der Waals surface area (Å²) in [7, 11) is 2.25. The molecule has 2 nitrogen and oxygen atoms in total. The van der Waals surface area contributed by atoms with Crippen LogP contribution in [-0.4, -0.2) is 49.1 Å². The quantitative estimate of drug-likeness (QED) is 0.815. The fourth-order valence-corrected chi connectivity index (χ4v) is 4.64. The van der Waals surface area contributed by atoms with Gasteiger partial charge in [0.25, 0.3) is 0 Å². The van der Waals surface area contributed by atoms with E-state index in [9.17, 15) is 0 Å². The molecule has 1 aromatic rings. The van der Waals surface area contributed by atoms with E-state index in [4.69, 9.17) is 0 Å². The molecule has 1 saturated carbocycles. The van der Waals surface area contributed by atoms with Gasteiger partial charge in [0.05, 0.1) is 0 Å². The number of piperidine rings is 1. The monoisotopic (exact) mass is 270 g/mol. The first-order valence-corrected chi connectivity index (χ1v) is 8.22. The zero-order valence-corrected chi connectivity index (χ0v) is 12.6. The van der Waals surface area contributed by atoms with Crippen LogP contribution in [-0.2, 0) is 0 Å². The summed E-state index contributed by atoms with van der Waals surface area (Å²) in [6, 6.07) is 12.0. The van der Waals surface area contributed by atoms with Gasteiger partial charge in [0.15, 0.2) is 0 Å². The lowest BCUT2D eigenvalue weighted by molar-refractivity contribution is -0.103. The Morgan fingerprint density at radius 3 is 2.30 bits per heavy atom. The lowest BCUT2D eigenvalue weighted by Gasteiger charge is -2.62. The van der Waals surface area contributed by atoms with Crippen LogP contribution in [0.5, 0.6) is 0 Å². The van der Waals surface area contributed by atoms with Crippen LogP contribution in [0.3, 0.4) is 0 Å².